The highest BCUT2D eigenvalue weighted by molar-refractivity contribution is 6.06. The fourth-order valence-corrected chi connectivity index (χ4v) is 3.99. The molecule has 2 aromatic heterocycles. The number of benzene rings is 3. The van der Waals surface area contributed by atoms with Crippen molar-refractivity contribution < 1.29 is 4.79 Å². The van der Waals surface area contributed by atoms with Crippen LogP contribution in [0.25, 0.3) is 22.5 Å². The average Bonchev–Trinajstić information content (AvgIpc) is 3.55. The fraction of sp³-hybridized carbons (Fsp3) is 0.185. The van der Waals surface area contributed by atoms with Crippen LogP contribution in [0, 0.1) is 0 Å². The molecule has 5 aromatic rings. The second-order valence-electron chi connectivity index (χ2n) is 9.34. The van der Waals surface area contributed by atoms with Crippen molar-refractivity contribution in [3.8, 4) is 22.5 Å². The van der Waals surface area contributed by atoms with Gasteiger partial charge in [-0.2, -0.15) is 5.21 Å². The molecule has 174 valence electrons. The number of carbonyl (C=O) groups excluding carboxylic acids is 1. The van der Waals surface area contributed by atoms with Crippen LogP contribution < -0.4 is 0 Å². The molecule has 0 unspecified atom stereocenters. The van der Waals surface area contributed by atoms with Crippen molar-refractivity contribution in [2.24, 2.45) is 0 Å². The van der Waals surface area contributed by atoms with E-state index in [9.17, 15) is 4.79 Å². The van der Waals surface area contributed by atoms with Crippen molar-refractivity contribution in [1.29, 1.82) is 0 Å². The van der Waals surface area contributed by atoms with Crippen LogP contribution in [-0.2, 0) is 12.0 Å². The first-order valence-corrected chi connectivity index (χ1v) is 11.4. The van der Waals surface area contributed by atoms with E-state index < -0.39 is 0 Å². The first-order chi connectivity index (χ1) is 16.9. The largest absolute Gasteiger partial charge is 0.285 e. The topological polar surface area (TPSA) is 102 Å². The molecule has 0 amide bonds. The zero-order valence-corrected chi connectivity index (χ0v) is 19.8. The van der Waals surface area contributed by atoms with Gasteiger partial charge in [-0.3, -0.25) is 4.79 Å². The Labute approximate surface area is 203 Å². The normalized spacial score (nSPS) is 11.5. The number of tetrazole rings is 1. The van der Waals surface area contributed by atoms with Crippen molar-refractivity contribution in [2.45, 2.75) is 32.7 Å². The van der Waals surface area contributed by atoms with E-state index in [2.05, 4.69) is 75.7 Å². The maximum Gasteiger partial charge on any atom is 0.232 e. The van der Waals surface area contributed by atoms with Crippen molar-refractivity contribution in [3.63, 3.8) is 0 Å². The Balaban J connectivity index is 1.44. The number of aromatic nitrogens is 7. The number of carbonyl (C=O) groups is 1. The summed E-state index contributed by atoms with van der Waals surface area (Å²) in [6, 6.07) is 25.4. The van der Waals surface area contributed by atoms with Crippen LogP contribution in [0.2, 0.25) is 0 Å². The van der Waals surface area contributed by atoms with E-state index in [4.69, 9.17) is 0 Å². The summed E-state index contributed by atoms with van der Waals surface area (Å²) in [7, 11) is 0. The summed E-state index contributed by atoms with van der Waals surface area (Å²) in [5.41, 5.74) is 4.33. The minimum absolute atomic E-state index is 0.178. The zero-order chi connectivity index (χ0) is 24.4. The Hall–Kier alpha value is -4.46. The third-order valence-corrected chi connectivity index (χ3v) is 5.69. The summed E-state index contributed by atoms with van der Waals surface area (Å²) in [5.74, 6) is 1.36. The number of nitrogens with zero attached hydrogens (tertiary/aromatic N) is 6. The van der Waals surface area contributed by atoms with E-state index in [0.717, 1.165) is 28.1 Å². The van der Waals surface area contributed by atoms with E-state index in [1.54, 1.807) is 12.1 Å². The number of H-pyrrole nitrogens is 1. The minimum atomic E-state index is -0.272. The van der Waals surface area contributed by atoms with Gasteiger partial charge in [-0.1, -0.05) is 99.6 Å². The first kappa shape index (κ1) is 22.3. The molecule has 2 heterocycles. The highest BCUT2D eigenvalue weighted by Gasteiger charge is 2.26. The van der Waals surface area contributed by atoms with Gasteiger partial charge >= 0.3 is 0 Å². The molecule has 0 fully saturated rings. The Kier molecular flexibility index (Phi) is 5.78. The molecule has 35 heavy (non-hydrogen) atoms. The van der Waals surface area contributed by atoms with Gasteiger partial charge in [0.25, 0.3) is 0 Å². The summed E-state index contributed by atoms with van der Waals surface area (Å²) in [6.45, 7) is 6.72. The molecular weight excluding hydrogens is 438 g/mol. The number of hydrogen-bond donors (Lipinski definition) is 1. The molecule has 1 N–H and O–H groups in total. The molecule has 8 nitrogen and oxygen atoms in total. The van der Waals surface area contributed by atoms with Crippen LogP contribution in [0.3, 0.4) is 0 Å². The van der Waals surface area contributed by atoms with Gasteiger partial charge in [-0.05, 0) is 21.9 Å². The van der Waals surface area contributed by atoms with Crippen LogP contribution in [0.5, 0.6) is 0 Å². The third kappa shape index (κ3) is 4.63. The molecule has 8 heteroatoms. The molecule has 0 aliphatic heterocycles. The lowest BCUT2D eigenvalue weighted by Gasteiger charge is -2.18. The number of nitrogens with one attached hydrogen (secondary N) is 1. The summed E-state index contributed by atoms with van der Waals surface area (Å²) < 4.78 is 1.83. The molecular formula is C27H25N7O. The van der Waals surface area contributed by atoms with Gasteiger partial charge in [0, 0.05) is 16.5 Å². The second-order valence-corrected chi connectivity index (χ2v) is 9.34. The highest BCUT2D eigenvalue weighted by atomic mass is 16.1. The zero-order valence-electron chi connectivity index (χ0n) is 19.8. The van der Waals surface area contributed by atoms with Crippen molar-refractivity contribution in [2.75, 3.05) is 0 Å². The summed E-state index contributed by atoms with van der Waals surface area (Å²) in [5, 5.41) is 19.0. The van der Waals surface area contributed by atoms with Crippen molar-refractivity contribution in [1.82, 2.24) is 35.4 Å². The molecule has 0 radical (unpaired) electrons. The van der Waals surface area contributed by atoms with Gasteiger partial charge < -0.3 is 0 Å². The SMILES string of the molecule is CC(C)(C)c1nc(C(=O)c2ccccc2)nn1Cc1ccc(-c2ccccc2-c2nn[nH]n2)cc1. The molecule has 0 spiro atoms. The third-order valence-electron chi connectivity index (χ3n) is 5.69. The van der Waals surface area contributed by atoms with Crippen LogP contribution >= 0.6 is 0 Å². The molecule has 0 aliphatic carbocycles. The Morgan fingerprint density at radius 3 is 2.23 bits per heavy atom. The van der Waals surface area contributed by atoms with Gasteiger partial charge in [0.2, 0.25) is 17.4 Å². The number of aromatic amines is 1. The predicted octanol–water partition coefficient (Wildman–Crippen LogP) is 4.70. The molecule has 0 saturated carbocycles. The Bertz CT molecular complexity index is 1450. The van der Waals surface area contributed by atoms with E-state index in [-0.39, 0.29) is 17.0 Å². The average molecular weight is 464 g/mol. The van der Waals surface area contributed by atoms with E-state index >= 15 is 0 Å². The van der Waals surface area contributed by atoms with Crippen LogP contribution in [0.15, 0.2) is 78.9 Å². The van der Waals surface area contributed by atoms with E-state index in [1.807, 2.05) is 47.1 Å². The van der Waals surface area contributed by atoms with Crippen molar-refractivity contribution >= 4 is 5.78 Å². The number of rotatable bonds is 6. The van der Waals surface area contributed by atoms with Gasteiger partial charge in [0.1, 0.15) is 5.82 Å². The smallest absolute Gasteiger partial charge is 0.232 e. The predicted molar refractivity (Wildman–Crippen MR) is 133 cm³/mol. The number of hydrogen-bond acceptors (Lipinski definition) is 6. The quantitative estimate of drug-likeness (QED) is 0.366. The Morgan fingerprint density at radius 1 is 0.886 bits per heavy atom. The van der Waals surface area contributed by atoms with Gasteiger partial charge in [0.15, 0.2) is 0 Å². The summed E-state index contributed by atoms with van der Waals surface area (Å²) in [4.78, 5) is 17.6. The summed E-state index contributed by atoms with van der Waals surface area (Å²) >= 11 is 0. The molecule has 0 bridgehead atoms. The van der Waals surface area contributed by atoms with Gasteiger partial charge in [-0.25, -0.2) is 9.67 Å². The van der Waals surface area contributed by atoms with Crippen LogP contribution in [-0.4, -0.2) is 41.2 Å². The minimum Gasteiger partial charge on any atom is -0.285 e. The first-order valence-electron chi connectivity index (χ1n) is 11.4. The maximum absolute atomic E-state index is 13.0. The lowest BCUT2D eigenvalue weighted by Crippen LogP contribution is -2.20. The molecule has 3 aromatic carbocycles. The molecule has 0 atom stereocenters. The molecule has 0 aliphatic rings. The second kappa shape index (κ2) is 9.06. The summed E-state index contributed by atoms with van der Waals surface area (Å²) in [6.07, 6.45) is 0. The lowest BCUT2D eigenvalue weighted by atomic mass is 9.95. The lowest BCUT2D eigenvalue weighted by molar-refractivity contribution is 0.102. The van der Waals surface area contributed by atoms with Crippen molar-refractivity contribution in [3.05, 3.63) is 102 Å². The Morgan fingerprint density at radius 2 is 1.57 bits per heavy atom. The standard InChI is InChI=1S/C27H25N7O/c1-27(2,3)26-28-25(23(35)20-9-5-4-6-10-20)31-34(26)17-18-13-15-19(16-14-18)21-11-7-8-12-22(21)24-29-32-33-30-24/h4-16H,17H2,1-3H3,(H,29,30,32,33). The number of ketones is 1. The van der Waals surface area contributed by atoms with Crippen LogP contribution in [0.1, 0.15) is 48.3 Å². The van der Waals surface area contributed by atoms with Gasteiger partial charge in [0.05, 0.1) is 6.54 Å². The highest BCUT2D eigenvalue weighted by Crippen LogP contribution is 2.30. The van der Waals surface area contributed by atoms with E-state index in [1.165, 1.54) is 0 Å². The molecule has 0 saturated heterocycles. The van der Waals surface area contributed by atoms with E-state index in [0.29, 0.717) is 17.9 Å². The van der Waals surface area contributed by atoms with Gasteiger partial charge in [-0.15, -0.1) is 15.3 Å². The van der Waals surface area contributed by atoms with Crippen LogP contribution in [0.4, 0.5) is 0 Å². The molecule has 5 rings (SSSR count). The monoisotopic (exact) mass is 463 g/mol. The fourth-order valence-electron chi connectivity index (χ4n) is 3.99. The maximum atomic E-state index is 13.0.